The Bertz CT molecular complexity index is 511. The topological polar surface area (TPSA) is 84.7 Å². The van der Waals surface area contributed by atoms with Gasteiger partial charge in [0, 0.05) is 31.9 Å². The highest BCUT2D eigenvalue weighted by Crippen LogP contribution is 2.14. The monoisotopic (exact) mass is 291 g/mol. The summed E-state index contributed by atoms with van der Waals surface area (Å²) in [4.78, 5) is 25.6. The molecule has 0 atom stereocenters. The third-order valence-corrected chi connectivity index (χ3v) is 3.66. The summed E-state index contributed by atoms with van der Waals surface area (Å²) < 4.78 is 4.84. The van der Waals surface area contributed by atoms with Gasteiger partial charge in [0.1, 0.15) is 6.61 Å². The van der Waals surface area contributed by atoms with E-state index in [1.54, 1.807) is 29.2 Å². The van der Waals surface area contributed by atoms with Crippen molar-refractivity contribution in [1.82, 2.24) is 10.2 Å². The molecule has 1 aromatic rings. The molecule has 21 heavy (non-hydrogen) atoms. The predicted molar refractivity (Wildman–Crippen MR) is 79.8 cm³/mol. The second kappa shape index (κ2) is 7.08. The first-order valence-electron chi connectivity index (χ1n) is 7.04. The number of anilines is 1. The van der Waals surface area contributed by atoms with E-state index in [0.29, 0.717) is 24.3 Å². The summed E-state index contributed by atoms with van der Waals surface area (Å²) in [5.74, 6) is -0.163. The predicted octanol–water partition coefficient (Wildman–Crippen LogP) is 0.636. The van der Waals surface area contributed by atoms with Gasteiger partial charge < -0.3 is 20.7 Å². The number of para-hydroxylation sites is 1. The van der Waals surface area contributed by atoms with Crippen LogP contribution in [-0.4, -0.2) is 49.6 Å². The number of nitrogens with two attached hydrogens (primary N) is 1. The average Bonchev–Trinajstić information content (AvgIpc) is 2.48. The number of ether oxygens (including phenoxy) is 1. The number of rotatable bonds is 4. The smallest absolute Gasteiger partial charge is 0.253 e. The van der Waals surface area contributed by atoms with Gasteiger partial charge in [-0.2, -0.15) is 0 Å². The normalized spacial score (nSPS) is 15.8. The van der Waals surface area contributed by atoms with E-state index in [1.165, 1.54) is 7.11 Å². The van der Waals surface area contributed by atoms with E-state index in [1.807, 2.05) is 0 Å². The second-order valence-corrected chi connectivity index (χ2v) is 5.15. The van der Waals surface area contributed by atoms with Crippen LogP contribution < -0.4 is 11.1 Å². The third kappa shape index (κ3) is 3.95. The minimum absolute atomic E-state index is 0.00502. The van der Waals surface area contributed by atoms with E-state index in [9.17, 15) is 9.59 Å². The summed E-state index contributed by atoms with van der Waals surface area (Å²) in [6.07, 6.45) is 1.49. The highest BCUT2D eigenvalue weighted by Gasteiger charge is 2.24. The number of carbonyl (C=O) groups excluding carboxylic acids is 2. The summed E-state index contributed by atoms with van der Waals surface area (Å²) in [6, 6.07) is 7.08. The zero-order chi connectivity index (χ0) is 15.2. The van der Waals surface area contributed by atoms with Gasteiger partial charge in [0.05, 0.1) is 5.56 Å². The van der Waals surface area contributed by atoms with Gasteiger partial charge in [0.15, 0.2) is 0 Å². The Morgan fingerprint density at radius 3 is 2.62 bits per heavy atom. The number of nitrogen functional groups attached to an aromatic ring is 1. The van der Waals surface area contributed by atoms with Crippen LogP contribution in [0.2, 0.25) is 0 Å². The molecule has 0 spiro atoms. The van der Waals surface area contributed by atoms with Crippen LogP contribution in [0.5, 0.6) is 0 Å². The lowest BCUT2D eigenvalue weighted by molar-refractivity contribution is -0.136. The zero-order valence-corrected chi connectivity index (χ0v) is 12.2. The molecule has 0 aliphatic carbocycles. The quantitative estimate of drug-likeness (QED) is 0.797. The van der Waals surface area contributed by atoms with Gasteiger partial charge in [-0.25, -0.2) is 0 Å². The van der Waals surface area contributed by atoms with Gasteiger partial charge in [0.25, 0.3) is 5.91 Å². The Kier molecular flexibility index (Phi) is 5.16. The minimum atomic E-state index is -0.158. The molecular weight excluding hydrogens is 270 g/mol. The van der Waals surface area contributed by atoms with Crippen molar-refractivity contribution >= 4 is 17.5 Å². The Hall–Kier alpha value is -2.08. The van der Waals surface area contributed by atoms with Gasteiger partial charge in [-0.15, -0.1) is 0 Å². The number of nitrogens with zero attached hydrogens (tertiary/aromatic N) is 1. The van der Waals surface area contributed by atoms with Crippen molar-refractivity contribution in [2.45, 2.75) is 18.9 Å². The molecule has 0 unspecified atom stereocenters. The van der Waals surface area contributed by atoms with Crippen LogP contribution in [0.3, 0.4) is 0 Å². The molecule has 6 nitrogen and oxygen atoms in total. The maximum atomic E-state index is 12.2. The summed E-state index contributed by atoms with van der Waals surface area (Å²) in [5, 5.41) is 2.98. The molecule has 1 fully saturated rings. The molecule has 3 N–H and O–H groups in total. The van der Waals surface area contributed by atoms with Gasteiger partial charge in [0.2, 0.25) is 5.91 Å². The van der Waals surface area contributed by atoms with Crippen molar-refractivity contribution in [2.24, 2.45) is 0 Å². The number of carbonyl (C=O) groups is 2. The SMILES string of the molecule is COCC(=O)N1CCC(NC(=O)c2ccccc2N)CC1. The molecule has 2 amide bonds. The Morgan fingerprint density at radius 1 is 1.33 bits per heavy atom. The Morgan fingerprint density at radius 2 is 2.00 bits per heavy atom. The van der Waals surface area contributed by atoms with Crippen LogP contribution in [0.1, 0.15) is 23.2 Å². The van der Waals surface area contributed by atoms with Gasteiger partial charge in [-0.3, -0.25) is 9.59 Å². The molecule has 6 heteroatoms. The number of piperidine rings is 1. The minimum Gasteiger partial charge on any atom is -0.398 e. The lowest BCUT2D eigenvalue weighted by atomic mass is 10.0. The highest BCUT2D eigenvalue weighted by atomic mass is 16.5. The van der Waals surface area contributed by atoms with Crippen LogP contribution in [-0.2, 0) is 9.53 Å². The molecule has 1 heterocycles. The fourth-order valence-corrected chi connectivity index (χ4v) is 2.45. The first-order valence-corrected chi connectivity index (χ1v) is 7.04. The number of hydrogen-bond donors (Lipinski definition) is 2. The lowest BCUT2D eigenvalue weighted by Crippen LogP contribution is -2.47. The third-order valence-electron chi connectivity index (χ3n) is 3.66. The van der Waals surface area contributed by atoms with Crippen LogP contribution in [0.15, 0.2) is 24.3 Å². The standard InChI is InChI=1S/C15H21N3O3/c1-21-10-14(19)18-8-6-11(7-9-18)17-15(20)12-4-2-3-5-13(12)16/h2-5,11H,6-10,16H2,1H3,(H,17,20). The molecule has 0 bridgehead atoms. The van der Waals surface area contributed by atoms with Crippen LogP contribution in [0.4, 0.5) is 5.69 Å². The van der Waals surface area contributed by atoms with E-state index < -0.39 is 0 Å². The molecule has 1 aliphatic heterocycles. The fraction of sp³-hybridized carbons (Fsp3) is 0.467. The molecule has 114 valence electrons. The number of nitrogens with one attached hydrogen (secondary N) is 1. The summed E-state index contributed by atoms with van der Waals surface area (Å²) in [6.45, 7) is 1.38. The number of hydrogen-bond acceptors (Lipinski definition) is 4. The Balaban J connectivity index is 1.85. The maximum Gasteiger partial charge on any atom is 0.253 e. The maximum absolute atomic E-state index is 12.2. The number of amides is 2. The van der Waals surface area contributed by atoms with Crippen molar-refractivity contribution in [2.75, 3.05) is 32.5 Å². The molecule has 1 aromatic carbocycles. The zero-order valence-electron chi connectivity index (χ0n) is 12.2. The molecule has 0 aromatic heterocycles. The number of benzene rings is 1. The number of methoxy groups -OCH3 is 1. The van der Waals surface area contributed by atoms with Gasteiger partial charge in [-0.05, 0) is 25.0 Å². The van der Waals surface area contributed by atoms with Crippen molar-refractivity contribution in [1.29, 1.82) is 0 Å². The van der Waals surface area contributed by atoms with Crippen molar-refractivity contribution in [3.8, 4) is 0 Å². The molecule has 0 saturated carbocycles. The van der Waals surface area contributed by atoms with Gasteiger partial charge in [-0.1, -0.05) is 12.1 Å². The molecular formula is C15H21N3O3. The van der Waals surface area contributed by atoms with E-state index in [2.05, 4.69) is 5.32 Å². The summed E-state index contributed by atoms with van der Waals surface area (Å²) >= 11 is 0. The van der Waals surface area contributed by atoms with Gasteiger partial charge >= 0.3 is 0 Å². The van der Waals surface area contributed by atoms with E-state index in [4.69, 9.17) is 10.5 Å². The highest BCUT2D eigenvalue weighted by molar-refractivity contribution is 5.99. The van der Waals surface area contributed by atoms with Crippen molar-refractivity contribution in [3.63, 3.8) is 0 Å². The summed E-state index contributed by atoms with van der Waals surface area (Å²) in [7, 11) is 1.51. The molecule has 2 rings (SSSR count). The van der Waals surface area contributed by atoms with Crippen molar-refractivity contribution in [3.05, 3.63) is 29.8 Å². The molecule has 0 radical (unpaired) electrons. The van der Waals surface area contributed by atoms with Crippen LogP contribution in [0, 0.1) is 0 Å². The number of likely N-dealkylation sites (tertiary alicyclic amines) is 1. The van der Waals surface area contributed by atoms with E-state index in [0.717, 1.165) is 12.8 Å². The largest absolute Gasteiger partial charge is 0.398 e. The van der Waals surface area contributed by atoms with E-state index in [-0.39, 0.29) is 24.5 Å². The van der Waals surface area contributed by atoms with Crippen LogP contribution >= 0.6 is 0 Å². The molecule has 1 aliphatic rings. The lowest BCUT2D eigenvalue weighted by Gasteiger charge is -2.32. The average molecular weight is 291 g/mol. The Labute approximate surface area is 124 Å². The fourth-order valence-electron chi connectivity index (χ4n) is 2.45. The summed E-state index contributed by atoms with van der Waals surface area (Å²) in [5.41, 5.74) is 6.76. The molecule has 1 saturated heterocycles. The first kappa shape index (κ1) is 15.3. The van der Waals surface area contributed by atoms with E-state index >= 15 is 0 Å². The second-order valence-electron chi connectivity index (χ2n) is 5.15. The van der Waals surface area contributed by atoms with Crippen LogP contribution in [0.25, 0.3) is 0 Å². The first-order chi connectivity index (χ1) is 10.1. The van der Waals surface area contributed by atoms with Crippen molar-refractivity contribution < 1.29 is 14.3 Å².